The van der Waals surface area contributed by atoms with Crippen LogP contribution in [0.2, 0.25) is 0 Å². The molecule has 2 aliphatic rings. The second-order valence-electron chi connectivity index (χ2n) is 6.83. The van der Waals surface area contributed by atoms with E-state index in [9.17, 15) is 4.39 Å². The van der Waals surface area contributed by atoms with Crippen molar-refractivity contribution in [3.63, 3.8) is 0 Å². The van der Waals surface area contributed by atoms with Gasteiger partial charge in [0.1, 0.15) is 11.9 Å². The molecule has 2 saturated heterocycles. The number of ether oxygens (including phenoxy) is 2. The molecule has 0 unspecified atom stereocenters. The van der Waals surface area contributed by atoms with Crippen molar-refractivity contribution in [2.24, 2.45) is 0 Å². The predicted molar refractivity (Wildman–Crippen MR) is 100 cm³/mol. The summed E-state index contributed by atoms with van der Waals surface area (Å²) in [5, 5.41) is 0.262. The first-order valence-corrected chi connectivity index (χ1v) is 9.86. The zero-order valence-electron chi connectivity index (χ0n) is 15.2. The standard InChI is InChI=1S/C17H23FN6O2S/c1-11-6-12(9-24(11)10-13-16(18)22-17(19)27-13)26-15-8-20-14(7-21-15)23-2-4-25-5-3-23/h7-8,11-12H,2-6,9-10H2,1H3,(H2,19,22)/t11-,12+/m0/s1. The Hall–Kier alpha value is -2.04. The van der Waals surface area contributed by atoms with Gasteiger partial charge in [0.05, 0.1) is 30.5 Å². The van der Waals surface area contributed by atoms with E-state index in [0.29, 0.717) is 37.1 Å². The zero-order valence-corrected chi connectivity index (χ0v) is 16.0. The third-order valence-electron chi connectivity index (χ3n) is 4.92. The maximum atomic E-state index is 13.8. The molecule has 2 aliphatic heterocycles. The van der Waals surface area contributed by atoms with Gasteiger partial charge in [-0.15, -0.1) is 0 Å². The molecule has 27 heavy (non-hydrogen) atoms. The average molecular weight is 394 g/mol. The number of likely N-dealkylation sites (tertiary alicyclic amines) is 1. The van der Waals surface area contributed by atoms with Crippen LogP contribution in [0.25, 0.3) is 0 Å². The normalized spacial score (nSPS) is 23.7. The van der Waals surface area contributed by atoms with Crippen LogP contribution in [0.3, 0.4) is 0 Å². The smallest absolute Gasteiger partial charge is 0.232 e. The maximum Gasteiger partial charge on any atom is 0.232 e. The summed E-state index contributed by atoms with van der Waals surface area (Å²) in [7, 11) is 0. The number of hydrogen-bond acceptors (Lipinski definition) is 9. The molecule has 0 bridgehead atoms. The Balaban J connectivity index is 1.34. The summed E-state index contributed by atoms with van der Waals surface area (Å²) in [5.41, 5.74) is 5.58. The Labute approximate surface area is 161 Å². The summed E-state index contributed by atoms with van der Waals surface area (Å²) < 4.78 is 25.1. The highest BCUT2D eigenvalue weighted by atomic mass is 32.1. The van der Waals surface area contributed by atoms with Gasteiger partial charge in [-0.05, 0) is 6.92 Å². The van der Waals surface area contributed by atoms with Crippen LogP contribution in [0.15, 0.2) is 12.4 Å². The maximum absolute atomic E-state index is 13.8. The van der Waals surface area contributed by atoms with Crippen LogP contribution in [0, 0.1) is 5.95 Å². The largest absolute Gasteiger partial charge is 0.472 e. The van der Waals surface area contributed by atoms with E-state index in [1.807, 2.05) is 0 Å². The Morgan fingerprint density at radius 1 is 1.33 bits per heavy atom. The van der Waals surface area contributed by atoms with E-state index in [4.69, 9.17) is 15.2 Å². The zero-order chi connectivity index (χ0) is 18.8. The van der Waals surface area contributed by atoms with E-state index in [2.05, 4.69) is 31.7 Å². The van der Waals surface area contributed by atoms with Crippen molar-refractivity contribution < 1.29 is 13.9 Å². The van der Waals surface area contributed by atoms with Crippen LogP contribution in [0.4, 0.5) is 15.3 Å². The van der Waals surface area contributed by atoms with Crippen molar-refractivity contribution in [2.45, 2.75) is 32.0 Å². The topological polar surface area (TPSA) is 89.6 Å². The fraction of sp³-hybridized carbons (Fsp3) is 0.588. The average Bonchev–Trinajstić information content (AvgIpc) is 3.17. The Morgan fingerprint density at radius 3 is 2.81 bits per heavy atom. The molecule has 10 heteroatoms. The molecular weight excluding hydrogens is 371 g/mol. The fourth-order valence-corrected chi connectivity index (χ4v) is 4.22. The van der Waals surface area contributed by atoms with Gasteiger partial charge in [-0.1, -0.05) is 11.3 Å². The molecule has 0 amide bonds. The van der Waals surface area contributed by atoms with Crippen LogP contribution in [0.5, 0.6) is 5.88 Å². The molecule has 4 heterocycles. The third-order valence-corrected chi connectivity index (χ3v) is 5.76. The number of rotatable bonds is 5. The number of hydrogen-bond donors (Lipinski definition) is 1. The van der Waals surface area contributed by atoms with E-state index >= 15 is 0 Å². The highest BCUT2D eigenvalue weighted by molar-refractivity contribution is 7.15. The van der Waals surface area contributed by atoms with Gasteiger partial charge in [-0.3, -0.25) is 4.90 Å². The molecule has 2 fully saturated rings. The van der Waals surface area contributed by atoms with Gasteiger partial charge in [-0.25, -0.2) is 9.97 Å². The summed E-state index contributed by atoms with van der Waals surface area (Å²) in [6, 6.07) is 0.276. The molecule has 2 aromatic heterocycles. The third kappa shape index (κ3) is 4.28. The molecule has 2 aromatic rings. The van der Waals surface area contributed by atoms with Crippen LogP contribution in [-0.4, -0.2) is 64.8 Å². The molecule has 0 aromatic carbocycles. The summed E-state index contributed by atoms with van der Waals surface area (Å²) in [6.45, 7) is 6.36. The number of halogens is 1. The Bertz CT molecular complexity index is 767. The molecule has 0 spiro atoms. The first kappa shape index (κ1) is 18.3. The van der Waals surface area contributed by atoms with Crippen molar-refractivity contribution in [3.05, 3.63) is 23.2 Å². The summed E-state index contributed by atoms with van der Waals surface area (Å²) in [5.74, 6) is 0.878. The summed E-state index contributed by atoms with van der Waals surface area (Å²) in [6.07, 6.45) is 4.26. The van der Waals surface area contributed by atoms with Gasteiger partial charge < -0.3 is 20.1 Å². The lowest BCUT2D eigenvalue weighted by Gasteiger charge is -2.27. The molecule has 146 valence electrons. The highest BCUT2D eigenvalue weighted by Crippen LogP contribution is 2.27. The number of nitrogens with zero attached hydrogens (tertiary/aromatic N) is 5. The van der Waals surface area contributed by atoms with Gasteiger partial charge in [0.2, 0.25) is 11.8 Å². The molecule has 2 N–H and O–H groups in total. The number of thiazole rings is 1. The minimum Gasteiger partial charge on any atom is -0.472 e. The number of aromatic nitrogens is 3. The molecule has 4 rings (SSSR count). The monoisotopic (exact) mass is 394 g/mol. The molecule has 0 radical (unpaired) electrons. The number of morpholine rings is 1. The van der Waals surface area contributed by atoms with Gasteiger partial charge >= 0.3 is 0 Å². The highest BCUT2D eigenvalue weighted by Gasteiger charge is 2.32. The van der Waals surface area contributed by atoms with Crippen molar-refractivity contribution in [1.82, 2.24) is 19.9 Å². The van der Waals surface area contributed by atoms with E-state index in [-0.39, 0.29) is 17.3 Å². The predicted octanol–water partition coefficient (Wildman–Crippen LogP) is 1.53. The van der Waals surface area contributed by atoms with Crippen LogP contribution in [0.1, 0.15) is 18.2 Å². The first-order chi connectivity index (χ1) is 13.1. The fourth-order valence-electron chi connectivity index (χ4n) is 3.48. The lowest BCUT2D eigenvalue weighted by Crippen LogP contribution is -2.36. The van der Waals surface area contributed by atoms with Gasteiger partial charge in [0, 0.05) is 38.6 Å². The molecular formula is C17H23FN6O2S. The number of nitrogens with two attached hydrogens (primary N) is 1. The van der Waals surface area contributed by atoms with Gasteiger partial charge in [0.15, 0.2) is 5.13 Å². The first-order valence-electron chi connectivity index (χ1n) is 9.04. The minimum absolute atomic E-state index is 0.00290. The van der Waals surface area contributed by atoms with Crippen molar-refractivity contribution in [1.29, 1.82) is 0 Å². The van der Waals surface area contributed by atoms with Crippen LogP contribution >= 0.6 is 11.3 Å². The lowest BCUT2D eigenvalue weighted by atomic mass is 10.2. The number of anilines is 2. The van der Waals surface area contributed by atoms with Crippen LogP contribution < -0.4 is 15.4 Å². The Morgan fingerprint density at radius 2 is 2.15 bits per heavy atom. The molecule has 0 saturated carbocycles. The molecule has 8 nitrogen and oxygen atoms in total. The Kier molecular flexibility index (Phi) is 5.37. The second-order valence-corrected chi connectivity index (χ2v) is 7.95. The quantitative estimate of drug-likeness (QED) is 0.817. The molecule has 2 atom stereocenters. The van der Waals surface area contributed by atoms with Gasteiger partial charge in [0.25, 0.3) is 0 Å². The lowest BCUT2D eigenvalue weighted by molar-refractivity contribution is 0.122. The van der Waals surface area contributed by atoms with E-state index in [1.54, 1.807) is 12.4 Å². The van der Waals surface area contributed by atoms with E-state index in [1.165, 1.54) is 11.3 Å². The SMILES string of the molecule is C[C@H]1C[C@@H](Oc2cnc(N3CCOCC3)cn2)CN1Cc1sc(N)nc1F. The van der Waals surface area contributed by atoms with Crippen LogP contribution in [-0.2, 0) is 11.3 Å². The van der Waals surface area contributed by atoms with Gasteiger partial charge in [-0.2, -0.15) is 9.37 Å². The second kappa shape index (κ2) is 7.91. The summed E-state index contributed by atoms with van der Waals surface area (Å²) >= 11 is 1.20. The van der Waals surface area contributed by atoms with Crippen molar-refractivity contribution in [2.75, 3.05) is 43.5 Å². The molecule has 0 aliphatic carbocycles. The number of nitrogen functional groups attached to an aromatic ring is 1. The summed E-state index contributed by atoms with van der Waals surface area (Å²) in [4.78, 5) is 17.4. The van der Waals surface area contributed by atoms with Crippen molar-refractivity contribution in [3.8, 4) is 5.88 Å². The van der Waals surface area contributed by atoms with E-state index in [0.717, 1.165) is 25.3 Å². The van der Waals surface area contributed by atoms with Crippen molar-refractivity contribution >= 4 is 22.3 Å². The minimum atomic E-state index is -0.473. The van der Waals surface area contributed by atoms with E-state index < -0.39 is 5.95 Å².